The van der Waals surface area contributed by atoms with Gasteiger partial charge in [-0.2, -0.15) is 5.10 Å². The van der Waals surface area contributed by atoms with Gasteiger partial charge in [0.05, 0.1) is 6.42 Å². The van der Waals surface area contributed by atoms with E-state index < -0.39 is 12.0 Å². The van der Waals surface area contributed by atoms with Crippen molar-refractivity contribution in [3.8, 4) is 0 Å². The van der Waals surface area contributed by atoms with E-state index in [-0.39, 0.29) is 18.2 Å². The fraction of sp³-hybridized carbons (Fsp3) is 0.545. The molecule has 0 aromatic carbocycles. The van der Waals surface area contributed by atoms with E-state index in [0.717, 1.165) is 0 Å². The predicted octanol–water partition coefficient (Wildman–Crippen LogP) is 0.568. The van der Waals surface area contributed by atoms with E-state index in [9.17, 15) is 9.59 Å². The van der Waals surface area contributed by atoms with Gasteiger partial charge < -0.3 is 10.4 Å². The van der Waals surface area contributed by atoms with Crippen LogP contribution in [0, 0.1) is 5.92 Å². The van der Waals surface area contributed by atoms with Crippen LogP contribution in [0.15, 0.2) is 12.3 Å². The lowest BCUT2D eigenvalue weighted by Gasteiger charge is -2.16. The summed E-state index contributed by atoms with van der Waals surface area (Å²) in [5, 5.41) is 17.8. The number of carbonyl (C=O) groups excluding carboxylic acids is 1. The SMILES string of the molecule is CC(C)C[C@H](NC(=O)Cc1ccn[nH]1)C(=O)O. The number of rotatable bonds is 6. The summed E-state index contributed by atoms with van der Waals surface area (Å²) >= 11 is 0. The Labute approximate surface area is 99.4 Å². The highest BCUT2D eigenvalue weighted by atomic mass is 16.4. The average Bonchev–Trinajstić information content (AvgIpc) is 2.68. The maximum atomic E-state index is 11.6. The van der Waals surface area contributed by atoms with Crippen molar-refractivity contribution in [2.75, 3.05) is 0 Å². The highest BCUT2D eigenvalue weighted by Gasteiger charge is 2.21. The first kappa shape index (κ1) is 13.2. The lowest BCUT2D eigenvalue weighted by atomic mass is 10.0. The van der Waals surface area contributed by atoms with E-state index >= 15 is 0 Å². The summed E-state index contributed by atoms with van der Waals surface area (Å²) in [4.78, 5) is 22.5. The summed E-state index contributed by atoms with van der Waals surface area (Å²) in [6, 6.07) is 0.850. The third kappa shape index (κ3) is 4.67. The number of hydrogen-bond acceptors (Lipinski definition) is 3. The van der Waals surface area contributed by atoms with E-state index in [1.165, 1.54) is 0 Å². The standard InChI is InChI=1S/C11H17N3O3/c1-7(2)5-9(11(16)17)13-10(15)6-8-3-4-12-14-8/h3-4,7,9H,5-6H2,1-2H3,(H,12,14)(H,13,15)(H,16,17)/t9-/m0/s1. The molecule has 0 bridgehead atoms. The summed E-state index contributed by atoms with van der Waals surface area (Å²) in [5.74, 6) is -1.11. The molecule has 0 spiro atoms. The third-order valence-electron chi connectivity index (χ3n) is 2.25. The van der Waals surface area contributed by atoms with Gasteiger partial charge in [-0.25, -0.2) is 4.79 Å². The summed E-state index contributed by atoms with van der Waals surface area (Å²) < 4.78 is 0. The summed E-state index contributed by atoms with van der Waals surface area (Å²) in [7, 11) is 0. The lowest BCUT2D eigenvalue weighted by Crippen LogP contribution is -2.42. The first-order chi connectivity index (χ1) is 7.99. The second kappa shape index (κ2) is 6.03. The van der Waals surface area contributed by atoms with Gasteiger partial charge in [0.2, 0.25) is 5.91 Å². The van der Waals surface area contributed by atoms with Crippen molar-refractivity contribution in [2.45, 2.75) is 32.7 Å². The zero-order chi connectivity index (χ0) is 12.8. The van der Waals surface area contributed by atoms with Gasteiger partial charge in [0.25, 0.3) is 0 Å². The number of H-pyrrole nitrogens is 1. The van der Waals surface area contributed by atoms with Crippen molar-refractivity contribution in [3.05, 3.63) is 18.0 Å². The second-order valence-corrected chi connectivity index (χ2v) is 4.35. The Kier molecular flexibility index (Phi) is 4.68. The number of hydrogen-bond donors (Lipinski definition) is 3. The van der Waals surface area contributed by atoms with Crippen molar-refractivity contribution in [3.63, 3.8) is 0 Å². The molecule has 0 aliphatic carbocycles. The molecule has 0 unspecified atom stereocenters. The van der Waals surface area contributed by atoms with Crippen molar-refractivity contribution in [1.82, 2.24) is 15.5 Å². The van der Waals surface area contributed by atoms with Gasteiger partial charge in [-0.3, -0.25) is 9.89 Å². The Balaban J connectivity index is 2.49. The fourth-order valence-electron chi connectivity index (χ4n) is 1.49. The van der Waals surface area contributed by atoms with Crippen molar-refractivity contribution in [2.24, 2.45) is 5.92 Å². The Hall–Kier alpha value is -1.85. The summed E-state index contributed by atoms with van der Waals surface area (Å²) in [6.45, 7) is 3.83. The first-order valence-corrected chi connectivity index (χ1v) is 5.49. The largest absolute Gasteiger partial charge is 0.480 e. The van der Waals surface area contributed by atoms with E-state index in [0.29, 0.717) is 12.1 Å². The number of carboxylic acids is 1. The Morgan fingerprint density at radius 2 is 2.24 bits per heavy atom. The van der Waals surface area contributed by atoms with E-state index in [1.54, 1.807) is 12.3 Å². The third-order valence-corrected chi connectivity index (χ3v) is 2.25. The molecular formula is C11H17N3O3. The molecule has 1 heterocycles. The first-order valence-electron chi connectivity index (χ1n) is 5.49. The molecule has 17 heavy (non-hydrogen) atoms. The predicted molar refractivity (Wildman–Crippen MR) is 61.3 cm³/mol. The van der Waals surface area contributed by atoms with E-state index in [1.807, 2.05) is 13.8 Å². The van der Waals surface area contributed by atoms with Crippen molar-refractivity contribution in [1.29, 1.82) is 0 Å². The second-order valence-electron chi connectivity index (χ2n) is 4.35. The van der Waals surface area contributed by atoms with Crippen LogP contribution in [0.3, 0.4) is 0 Å². The molecule has 6 nitrogen and oxygen atoms in total. The van der Waals surface area contributed by atoms with Gasteiger partial charge in [-0.1, -0.05) is 13.8 Å². The fourth-order valence-corrected chi connectivity index (χ4v) is 1.49. The smallest absolute Gasteiger partial charge is 0.326 e. The monoisotopic (exact) mass is 239 g/mol. The molecule has 94 valence electrons. The number of aliphatic carboxylic acids is 1. The number of carboxylic acid groups (broad SMARTS) is 1. The van der Waals surface area contributed by atoms with Gasteiger partial charge in [-0.05, 0) is 18.4 Å². The van der Waals surface area contributed by atoms with Crippen LogP contribution >= 0.6 is 0 Å². The molecule has 0 aliphatic rings. The van der Waals surface area contributed by atoms with E-state index in [2.05, 4.69) is 15.5 Å². The Morgan fingerprint density at radius 1 is 1.53 bits per heavy atom. The number of amides is 1. The number of aromatic amines is 1. The molecule has 1 rings (SSSR count). The van der Waals surface area contributed by atoms with Crippen LogP contribution in [-0.4, -0.2) is 33.2 Å². The number of nitrogens with one attached hydrogen (secondary N) is 2. The van der Waals surface area contributed by atoms with Crippen LogP contribution in [0.4, 0.5) is 0 Å². The molecule has 1 aromatic rings. The van der Waals surface area contributed by atoms with Gasteiger partial charge >= 0.3 is 5.97 Å². The minimum atomic E-state index is -1.00. The zero-order valence-electron chi connectivity index (χ0n) is 9.93. The van der Waals surface area contributed by atoms with Crippen LogP contribution in [0.5, 0.6) is 0 Å². The number of carbonyl (C=O) groups is 2. The number of aromatic nitrogens is 2. The average molecular weight is 239 g/mol. The van der Waals surface area contributed by atoms with Crippen LogP contribution < -0.4 is 5.32 Å². The van der Waals surface area contributed by atoms with Crippen LogP contribution in [0.1, 0.15) is 26.0 Å². The highest BCUT2D eigenvalue weighted by Crippen LogP contribution is 2.05. The van der Waals surface area contributed by atoms with Gasteiger partial charge in [0, 0.05) is 11.9 Å². The van der Waals surface area contributed by atoms with Crippen molar-refractivity contribution >= 4 is 11.9 Å². The lowest BCUT2D eigenvalue weighted by molar-refractivity contribution is -0.142. The quantitative estimate of drug-likeness (QED) is 0.676. The zero-order valence-corrected chi connectivity index (χ0v) is 9.93. The summed E-state index contributed by atoms with van der Waals surface area (Å²) in [6.07, 6.45) is 2.08. The molecule has 0 saturated carbocycles. The molecule has 0 aliphatic heterocycles. The molecule has 0 radical (unpaired) electrons. The summed E-state index contributed by atoms with van der Waals surface area (Å²) in [5.41, 5.74) is 0.663. The van der Waals surface area contributed by atoms with Gasteiger partial charge in [-0.15, -0.1) is 0 Å². The maximum Gasteiger partial charge on any atom is 0.326 e. The minimum Gasteiger partial charge on any atom is -0.480 e. The Morgan fingerprint density at radius 3 is 2.71 bits per heavy atom. The van der Waals surface area contributed by atoms with Gasteiger partial charge in [0.1, 0.15) is 6.04 Å². The normalized spacial score (nSPS) is 12.4. The maximum absolute atomic E-state index is 11.6. The Bertz CT molecular complexity index is 373. The molecule has 0 saturated heterocycles. The molecule has 3 N–H and O–H groups in total. The number of nitrogens with zero attached hydrogens (tertiary/aromatic N) is 1. The van der Waals surface area contributed by atoms with Crippen LogP contribution in [0.2, 0.25) is 0 Å². The van der Waals surface area contributed by atoms with Crippen LogP contribution in [-0.2, 0) is 16.0 Å². The molecule has 1 atom stereocenters. The van der Waals surface area contributed by atoms with Crippen LogP contribution in [0.25, 0.3) is 0 Å². The van der Waals surface area contributed by atoms with E-state index in [4.69, 9.17) is 5.11 Å². The molecule has 0 fully saturated rings. The molecular weight excluding hydrogens is 222 g/mol. The minimum absolute atomic E-state index is 0.113. The molecule has 1 amide bonds. The highest BCUT2D eigenvalue weighted by molar-refractivity contribution is 5.84. The van der Waals surface area contributed by atoms with Crippen molar-refractivity contribution < 1.29 is 14.7 Å². The molecule has 6 heteroatoms. The topological polar surface area (TPSA) is 95.1 Å². The van der Waals surface area contributed by atoms with Gasteiger partial charge in [0.15, 0.2) is 0 Å². The molecule has 1 aromatic heterocycles.